The molecule has 5 heteroatoms. The summed E-state index contributed by atoms with van der Waals surface area (Å²) in [6, 6.07) is 13.5. The molecule has 1 aromatic heterocycles. The highest BCUT2D eigenvalue weighted by Crippen LogP contribution is 2.31. The molecular formula is C15H15Cl2NOS. The van der Waals surface area contributed by atoms with Gasteiger partial charge in [-0.25, -0.2) is 0 Å². The first-order chi connectivity index (χ1) is 9.65. The Morgan fingerprint density at radius 3 is 2.35 bits per heavy atom. The zero-order valence-electron chi connectivity index (χ0n) is 10.8. The molecule has 2 heterocycles. The lowest BCUT2D eigenvalue weighted by molar-refractivity contribution is -0.123. The zero-order valence-corrected chi connectivity index (χ0v) is 13.1. The Kier molecular flexibility index (Phi) is 5.89. The van der Waals surface area contributed by atoms with Crippen molar-refractivity contribution in [3.8, 4) is 0 Å². The molecule has 20 heavy (non-hydrogen) atoms. The van der Waals surface area contributed by atoms with Crippen LogP contribution in [0.3, 0.4) is 0 Å². The minimum Gasteiger partial charge on any atom is -0.348 e. The van der Waals surface area contributed by atoms with Gasteiger partial charge in [-0.05, 0) is 37.1 Å². The van der Waals surface area contributed by atoms with Gasteiger partial charge >= 0.3 is 0 Å². The van der Waals surface area contributed by atoms with Crippen LogP contribution >= 0.6 is 34.5 Å². The number of thiophene rings is 1. The second-order valence-corrected chi connectivity index (χ2v) is 6.63. The van der Waals surface area contributed by atoms with Crippen molar-refractivity contribution in [2.24, 2.45) is 0 Å². The fourth-order valence-electron chi connectivity index (χ4n) is 1.95. The number of amides is 1. The minimum absolute atomic E-state index is 0.153. The smallest absolute Gasteiger partial charge is 0.220 e. The summed E-state index contributed by atoms with van der Waals surface area (Å²) in [5, 5.41) is 3.75. The van der Waals surface area contributed by atoms with Crippen LogP contribution in [0.4, 0.5) is 0 Å². The van der Waals surface area contributed by atoms with E-state index in [-0.39, 0.29) is 11.9 Å². The molecule has 1 aliphatic rings. The number of carbonyl (C=O) groups excluding carboxylic acids is 1. The van der Waals surface area contributed by atoms with E-state index in [9.17, 15) is 4.79 Å². The van der Waals surface area contributed by atoms with Crippen molar-refractivity contribution in [2.75, 3.05) is 0 Å². The van der Waals surface area contributed by atoms with Crippen LogP contribution < -0.4 is 5.32 Å². The first-order valence-corrected chi connectivity index (χ1v) is 7.97. The Morgan fingerprint density at radius 1 is 1.10 bits per heavy atom. The third-order valence-electron chi connectivity index (χ3n) is 2.90. The van der Waals surface area contributed by atoms with E-state index in [1.165, 1.54) is 0 Å². The van der Waals surface area contributed by atoms with E-state index < -0.39 is 0 Å². The van der Waals surface area contributed by atoms with Gasteiger partial charge in [0.2, 0.25) is 5.91 Å². The van der Waals surface area contributed by atoms with Gasteiger partial charge in [0.05, 0.1) is 10.4 Å². The Morgan fingerprint density at radius 2 is 1.85 bits per heavy atom. The van der Waals surface area contributed by atoms with E-state index in [0.717, 1.165) is 27.1 Å². The molecule has 1 saturated heterocycles. The molecule has 1 N–H and O–H groups in total. The van der Waals surface area contributed by atoms with Crippen LogP contribution in [0.25, 0.3) is 0 Å². The molecule has 106 valence electrons. The Balaban J connectivity index is 0.000000178. The maximum absolute atomic E-state index is 11.1. The van der Waals surface area contributed by atoms with Crippen LogP contribution in [0, 0.1) is 0 Å². The molecule has 0 spiro atoms. The Labute approximate surface area is 132 Å². The average molecular weight is 328 g/mol. The number of rotatable bonds is 1. The quantitative estimate of drug-likeness (QED) is 0.777. The van der Waals surface area contributed by atoms with Crippen molar-refractivity contribution >= 4 is 40.4 Å². The highest BCUT2D eigenvalue weighted by Gasteiger charge is 2.20. The summed E-state index contributed by atoms with van der Waals surface area (Å²) in [6.45, 7) is 0. The summed E-state index contributed by atoms with van der Waals surface area (Å²) in [5.74, 6) is 0.153. The lowest BCUT2D eigenvalue weighted by atomic mass is 10.0. The van der Waals surface area contributed by atoms with Crippen molar-refractivity contribution < 1.29 is 4.79 Å². The molecule has 1 aromatic carbocycles. The molecule has 0 aliphatic carbocycles. The van der Waals surface area contributed by atoms with Gasteiger partial charge in [0.1, 0.15) is 0 Å². The van der Waals surface area contributed by atoms with E-state index in [1.807, 2.05) is 42.5 Å². The van der Waals surface area contributed by atoms with Gasteiger partial charge in [-0.15, -0.1) is 11.3 Å². The van der Waals surface area contributed by atoms with Gasteiger partial charge in [-0.2, -0.15) is 0 Å². The fraction of sp³-hybridized carbons (Fsp3) is 0.267. The summed E-state index contributed by atoms with van der Waals surface area (Å²) in [6.07, 6.45) is 2.67. The number of hydrogen-bond acceptors (Lipinski definition) is 2. The van der Waals surface area contributed by atoms with E-state index in [2.05, 4.69) is 5.32 Å². The second kappa shape index (κ2) is 7.67. The molecular weight excluding hydrogens is 313 g/mol. The van der Waals surface area contributed by atoms with Crippen molar-refractivity contribution in [3.05, 3.63) is 56.7 Å². The van der Waals surface area contributed by atoms with Crippen LogP contribution in [-0.2, 0) is 4.79 Å². The molecule has 1 aliphatic heterocycles. The summed E-state index contributed by atoms with van der Waals surface area (Å²) in [7, 11) is 0. The van der Waals surface area contributed by atoms with Crippen molar-refractivity contribution in [3.63, 3.8) is 0 Å². The van der Waals surface area contributed by atoms with Gasteiger partial charge in [0.25, 0.3) is 0 Å². The number of carbonyl (C=O) groups is 1. The van der Waals surface area contributed by atoms with Crippen molar-refractivity contribution in [1.82, 2.24) is 5.32 Å². The highest BCUT2D eigenvalue weighted by atomic mass is 35.5. The van der Waals surface area contributed by atoms with Crippen LogP contribution in [0.2, 0.25) is 9.36 Å². The molecule has 2 nitrogen and oxygen atoms in total. The molecule has 2 aromatic rings. The summed E-state index contributed by atoms with van der Waals surface area (Å²) >= 11 is 12.9. The summed E-state index contributed by atoms with van der Waals surface area (Å²) < 4.78 is 0.787. The predicted octanol–water partition coefficient (Wildman–Crippen LogP) is 5.08. The lowest BCUT2D eigenvalue weighted by Gasteiger charge is -2.21. The molecule has 0 saturated carbocycles. The van der Waals surface area contributed by atoms with E-state index >= 15 is 0 Å². The molecule has 1 atom stereocenters. The number of hydrogen-bond donors (Lipinski definition) is 1. The van der Waals surface area contributed by atoms with Gasteiger partial charge in [0.15, 0.2) is 0 Å². The van der Waals surface area contributed by atoms with Gasteiger partial charge in [0, 0.05) is 16.3 Å². The van der Waals surface area contributed by atoms with E-state index in [4.69, 9.17) is 23.2 Å². The Bertz CT molecular complexity index is 556. The third-order valence-corrected chi connectivity index (χ3v) is 4.50. The first kappa shape index (κ1) is 15.4. The number of benzene rings is 1. The maximum atomic E-state index is 11.1. The standard InChI is InChI=1S/C9H10ClNOS.C6H5Cl/c10-8-5-4-7(13-8)6-2-1-3-9(12)11-6;7-6-4-2-1-3-5-6/h4-6H,1-3H2,(H,11,12);1-5H. The molecule has 1 unspecified atom stereocenters. The topological polar surface area (TPSA) is 29.1 Å². The first-order valence-electron chi connectivity index (χ1n) is 6.40. The number of nitrogens with one attached hydrogen (secondary N) is 1. The van der Waals surface area contributed by atoms with Gasteiger partial charge in [-0.1, -0.05) is 41.4 Å². The monoisotopic (exact) mass is 327 g/mol. The largest absolute Gasteiger partial charge is 0.348 e. The van der Waals surface area contributed by atoms with Crippen LogP contribution in [0.15, 0.2) is 42.5 Å². The van der Waals surface area contributed by atoms with Crippen LogP contribution in [0.5, 0.6) is 0 Å². The zero-order chi connectivity index (χ0) is 14.4. The van der Waals surface area contributed by atoms with Gasteiger partial charge in [-0.3, -0.25) is 4.79 Å². The van der Waals surface area contributed by atoms with E-state index in [0.29, 0.717) is 6.42 Å². The fourth-order valence-corrected chi connectivity index (χ4v) is 3.24. The molecule has 0 bridgehead atoms. The molecule has 1 amide bonds. The van der Waals surface area contributed by atoms with Gasteiger partial charge < -0.3 is 5.32 Å². The third kappa shape index (κ3) is 4.82. The second-order valence-electron chi connectivity index (χ2n) is 4.45. The Hall–Kier alpha value is -1.03. The van der Waals surface area contributed by atoms with Crippen LogP contribution in [0.1, 0.15) is 30.2 Å². The highest BCUT2D eigenvalue weighted by molar-refractivity contribution is 7.16. The summed E-state index contributed by atoms with van der Waals surface area (Å²) in [4.78, 5) is 12.3. The number of piperidine rings is 1. The molecule has 0 radical (unpaired) electrons. The average Bonchev–Trinajstić information content (AvgIpc) is 2.87. The summed E-state index contributed by atoms with van der Waals surface area (Å²) in [5.41, 5.74) is 0. The SMILES string of the molecule is Clc1ccccc1.O=C1CCCC(c2ccc(Cl)s2)N1. The van der Waals surface area contributed by atoms with Crippen LogP contribution in [-0.4, -0.2) is 5.91 Å². The molecule has 1 fully saturated rings. The predicted molar refractivity (Wildman–Crippen MR) is 85.5 cm³/mol. The van der Waals surface area contributed by atoms with Crippen molar-refractivity contribution in [1.29, 1.82) is 0 Å². The molecule has 3 rings (SSSR count). The minimum atomic E-state index is 0.153. The maximum Gasteiger partial charge on any atom is 0.220 e. The lowest BCUT2D eigenvalue weighted by Crippen LogP contribution is -2.31. The normalized spacial score (nSPS) is 17.9. The van der Waals surface area contributed by atoms with E-state index in [1.54, 1.807) is 11.3 Å². The van der Waals surface area contributed by atoms with Crippen molar-refractivity contribution in [2.45, 2.75) is 25.3 Å². The number of halogens is 2.